The summed E-state index contributed by atoms with van der Waals surface area (Å²) in [6.07, 6.45) is 0. The number of thioether (sulfide) groups is 1. The third kappa shape index (κ3) is 5.87. The van der Waals surface area contributed by atoms with Gasteiger partial charge in [0.1, 0.15) is 5.75 Å². The lowest BCUT2D eigenvalue weighted by molar-refractivity contribution is 0.376. The molecule has 1 fully saturated rings. The molecule has 2 N–H and O–H groups in total. The number of aromatic hydroxyl groups is 1. The first-order valence-electron chi connectivity index (χ1n) is 7.45. The number of benzene rings is 1. The Morgan fingerprint density at radius 1 is 1.36 bits per heavy atom. The van der Waals surface area contributed by atoms with E-state index in [1.165, 1.54) is 0 Å². The van der Waals surface area contributed by atoms with Gasteiger partial charge in [-0.2, -0.15) is 11.8 Å². The molecule has 0 bridgehead atoms. The van der Waals surface area contributed by atoms with E-state index in [0.29, 0.717) is 12.3 Å². The molecule has 0 radical (unpaired) electrons. The number of nitrogens with zero attached hydrogens (tertiary/aromatic N) is 2. The zero-order chi connectivity index (χ0) is 15.3. The predicted octanol–water partition coefficient (Wildman–Crippen LogP) is 3.30. The highest BCUT2D eigenvalue weighted by atomic mass is 127. The van der Waals surface area contributed by atoms with Crippen LogP contribution in [0, 0.1) is 0 Å². The van der Waals surface area contributed by atoms with Gasteiger partial charge in [-0.3, -0.25) is 0 Å². The molecule has 6 heteroatoms. The van der Waals surface area contributed by atoms with Crippen molar-refractivity contribution >= 4 is 41.7 Å². The van der Waals surface area contributed by atoms with Crippen molar-refractivity contribution in [1.29, 1.82) is 0 Å². The normalized spacial score (nSPS) is 17.8. The highest BCUT2D eigenvalue weighted by molar-refractivity contribution is 14.0. The summed E-state index contributed by atoms with van der Waals surface area (Å²) in [5.41, 5.74) is 1.11. The van der Waals surface area contributed by atoms with Gasteiger partial charge in [0.2, 0.25) is 0 Å². The molecule has 0 atom stereocenters. The van der Waals surface area contributed by atoms with E-state index in [0.717, 1.165) is 36.9 Å². The van der Waals surface area contributed by atoms with Gasteiger partial charge in [-0.1, -0.05) is 12.1 Å². The molecule has 1 heterocycles. The van der Waals surface area contributed by atoms with Crippen LogP contribution >= 0.6 is 35.7 Å². The molecule has 1 saturated heterocycles. The van der Waals surface area contributed by atoms with Crippen molar-refractivity contribution in [2.24, 2.45) is 4.99 Å². The Kier molecular flexibility index (Phi) is 7.82. The molecular weight excluding hydrogens is 409 g/mol. The van der Waals surface area contributed by atoms with E-state index in [1.807, 2.05) is 23.9 Å². The lowest BCUT2D eigenvalue weighted by atomic mass is 10.2. The zero-order valence-electron chi connectivity index (χ0n) is 13.5. The van der Waals surface area contributed by atoms with Crippen LogP contribution in [0.1, 0.15) is 26.3 Å². The Balaban J connectivity index is 0.00000242. The van der Waals surface area contributed by atoms with Gasteiger partial charge in [-0.05, 0) is 38.5 Å². The molecule has 1 aliphatic rings. The number of nitrogens with one attached hydrogen (secondary N) is 1. The Bertz CT molecular complexity index is 491. The molecule has 0 spiro atoms. The summed E-state index contributed by atoms with van der Waals surface area (Å²) >= 11 is 2.02. The highest BCUT2D eigenvalue weighted by Crippen LogP contribution is 2.29. The van der Waals surface area contributed by atoms with Gasteiger partial charge < -0.3 is 15.3 Å². The molecule has 4 nitrogen and oxygen atoms in total. The number of phenolic OH excluding ortho intramolecular Hbond substituents is 1. The summed E-state index contributed by atoms with van der Waals surface area (Å²) in [7, 11) is 0. The van der Waals surface area contributed by atoms with Gasteiger partial charge in [0.05, 0.1) is 6.54 Å². The summed E-state index contributed by atoms with van der Waals surface area (Å²) in [6, 6.07) is 7.24. The Labute approximate surface area is 154 Å². The number of hydrogen-bond donors (Lipinski definition) is 2. The second-order valence-electron chi connectivity index (χ2n) is 5.87. The Morgan fingerprint density at radius 2 is 2.05 bits per heavy atom. The summed E-state index contributed by atoms with van der Waals surface area (Å²) in [5.74, 6) is 2.42. The molecule has 2 rings (SSSR count). The predicted molar refractivity (Wildman–Crippen MR) is 106 cm³/mol. The van der Waals surface area contributed by atoms with Crippen molar-refractivity contribution in [2.45, 2.75) is 32.1 Å². The van der Waals surface area contributed by atoms with Gasteiger partial charge in [0, 0.05) is 30.1 Å². The van der Waals surface area contributed by atoms with Crippen LogP contribution in [-0.4, -0.2) is 46.1 Å². The molecule has 0 aromatic heterocycles. The molecule has 0 saturated carbocycles. The quantitative estimate of drug-likeness (QED) is 0.435. The first kappa shape index (κ1) is 19.4. The Morgan fingerprint density at radius 3 is 2.64 bits per heavy atom. The van der Waals surface area contributed by atoms with Crippen LogP contribution in [0.4, 0.5) is 0 Å². The van der Waals surface area contributed by atoms with E-state index < -0.39 is 0 Å². The third-order valence-electron chi connectivity index (χ3n) is 3.41. The topological polar surface area (TPSA) is 47.9 Å². The minimum atomic E-state index is 0. The molecule has 0 unspecified atom stereocenters. The summed E-state index contributed by atoms with van der Waals surface area (Å²) in [4.78, 5) is 7.09. The van der Waals surface area contributed by atoms with Crippen molar-refractivity contribution in [3.05, 3.63) is 29.8 Å². The van der Waals surface area contributed by atoms with Gasteiger partial charge in [-0.25, -0.2) is 4.99 Å². The van der Waals surface area contributed by atoms with Crippen molar-refractivity contribution in [1.82, 2.24) is 10.2 Å². The number of aliphatic imine (C=N–C) groups is 1. The Hall–Kier alpha value is -0.630. The van der Waals surface area contributed by atoms with Crippen LogP contribution in [0.15, 0.2) is 29.3 Å². The van der Waals surface area contributed by atoms with E-state index >= 15 is 0 Å². The molecule has 124 valence electrons. The summed E-state index contributed by atoms with van der Waals surface area (Å²) in [5, 5.41) is 12.7. The van der Waals surface area contributed by atoms with Crippen LogP contribution in [0.2, 0.25) is 0 Å². The highest BCUT2D eigenvalue weighted by Gasteiger charge is 2.28. The number of hydrogen-bond acceptors (Lipinski definition) is 3. The van der Waals surface area contributed by atoms with E-state index in [2.05, 4.69) is 31.0 Å². The van der Waals surface area contributed by atoms with Gasteiger partial charge in [0.25, 0.3) is 0 Å². The first-order chi connectivity index (χ1) is 10.00. The van der Waals surface area contributed by atoms with Gasteiger partial charge >= 0.3 is 0 Å². The first-order valence-corrected chi connectivity index (χ1v) is 8.44. The van der Waals surface area contributed by atoms with E-state index in [4.69, 9.17) is 4.99 Å². The van der Waals surface area contributed by atoms with E-state index in [9.17, 15) is 5.11 Å². The van der Waals surface area contributed by atoms with Crippen LogP contribution in [0.5, 0.6) is 5.75 Å². The molecular formula is C16H26IN3OS. The van der Waals surface area contributed by atoms with Crippen molar-refractivity contribution in [2.75, 3.05) is 25.4 Å². The lowest BCUT2D eigenvalue weighted by Crippen LogP contribution is -2.50. The van der Waals surface area contributed by atoms with Crippen LogP contribution in [0.3, 0.4) is 0 Å². The fourth-order valence-electron chi connectivity index (χ4n) is 2.39. The van der Waals surface area contributed by atoms with Crippen molar-refractivity contribution in [3.8, 4) is 5.75 Å². The number of halogens is 1. The van der Waals surface area contributed by atoms with Crippen LogP contribution in [-0.2, 0) is 6.54 Å². The van der Waals surface area contributed by atoms with Gasteiger partial charge in [0.15, 0.2) is 5.96 Å². The van der Waals surface area contributed by atoms with Crippen molar-refractivity contribution < 1.29 is 5.11 Å². The van der Waals surface area contributed by atoms with Gasteiger partial charge in [-0.15, -0.1) is 24.0 Å². The number of rotatable bonds is 3. The van der Waals surface area contributed by atoms with E-state index in [-0.39, 0.29) is 28.7 Å². The average Bonchev–Trinajstić information content (AvgIpc) is 2.44. The fraction of sp³-hybridized carbons (Fsp3) is 0.562. The average molecular weight is 435 g/mol. The molecule has 1 aliphatic heterocycles. The molecule has 1 aromatic rings. The lowest BCUT2D eigenvalue weighted by Gasteiger charge is -2.39. The number of guanidine groups is 1. The maximum absolute atomic E-state index is 9.32. The maximum Gasteiger partial charge on any atom is 0.194 e. The zero-order valence-corrected chi connectivity index (χ0v) is 16.6. The minimum Gasteiger partial charge on any atom is -0.508 e. The monoisotopic (exact) mass is 435 g/mol. The molecule has 0 amide bonds. The third-order valence-corrected chi connectivity index (χ3v) is 4.71. The minimum absolute atomic E-state index is 0. The molecule has 0 aliphatic carbocycles. The maximum atomic E-state index is 9.32. The SMILES string of the molecule is CCNC(=NCc1ccc(O)cc1)N1CCSC(C)(C)C1.I. The number of phenols is 1. The smallest absolute Gasteiger partial charge is 0.194 e. The summed E-state index contributed by atoms with van der Waals surface area (Å²) in [6.45, 7) is 10.2. The van der Waals surface area contributed by atoms with Crippen LogP contribution in [0.25, 0.3) is 0 Å². The molecule has 22 heavy (non-hydrogen) atoms. The van der Waals surface area contributed by atoms with Crippen molar-refractivity contribution in [3.63, 3.8) is 0 Å². The van der Waals surface area contributed by atoms with E-state index in [1.54, 1.807) is 12.1 Å². The standard InChI is InChI=1S/C16H25N3OS.HI/c1-4-17-15(19-9-10-21-16(2,3)12-19)18-11-13-5-7-14(20)8-6-13;/h5-8,20H,4,9-12H2,1-3H3,(H,17,18);1H. The largest absolute Gasteiger partial charge is 0.508 e. The second-order valence-corrected chi connectivity index (χ2v) is 7.67. The fourth-order valence-corrected chi connectivity index (χ4v) is 3.50. The van der Waals surface area contributed by atoms with Crippen LogP contribution < -0.4 is 5.32 Å². The second kappa shape index (κ2) is 8.86. The molecule has 1 aromatic carbocycles. The summed E-state index contributed by atoms with van der Waals surface area (Å²) < 4.78 is 0.271.